The monoisotopic (exact) mass is 383 g/mol. The van der Waals surface area contributed by atoms with Gasteiger partial charge in [-0.15, -0.1) is 0 Å². The van der Waals surface area contributed by atoms with Crippen molar-refractivity contribution in [3.8, 4) is 0 Å². The number of nitrogens with zero attached hydrogens (tertiary/aromatic N) is 1. The normalized spacial score (nSPS) is 20.0. The van der Waals surface area contributed by atoms with Gasteiger partial charge in [-0.2, -0.15) is 0 Å². The Morgan fingerprint density at radius 2 is 1.96 bits per heavy atom. The molecule has 1 aromatic rings. The Hall–Kier alpha value is -1.79. The van der Waals surface area contributed by atoms with E-state index in [1.54, 1.807) is 25.1 Å². The molecular formula is C17H19Cl2N3O3. The number of hydrogen-bond donors (Lipinski definition) is 2. The van der Waals surface area contributed by atoms with Crippen LogP contribution >= 0.6 is 23.2 Å². The Labute approximate surface area is 155 Å². The number of benzene rings is 1. The SMILES string of the molecule is C[C@@H](NC(=O)CN1C(=O)NC2(CCCC2)C1=O)c1ccc(Cl)c(Cl)c1. The number of urea groups is 1. The minimum atomic E-state index is -0.799. The minimum Gasteiger partial charge on any atom is -0.348 e. The van der Waals surface area contributed by atoms with Crippen molar-refractivity contribution >= 4 is 41.0 Å². The maximum atomic E-state index is 12.5. The van der Waals surface area contributed by atoms with Crippen LogP contribution in [-0.4, -0.2) is 34.8 Å². The molecule has 0 bridgehead atoms. The van der Waals surface area contributed by atoms with Crippen molar-refractivity contribution in [2.75, 3.05) is 6.54 Å². The zero-order valence-corrected chi connectivity index (χ0v) is 15.3. The molecule has 1 spiro atoms. The van der Waals surface area contributed by atoms with Crippen molar-refractivity contribution in [3.63, 3.8) is 0 Å². The summed E-state index contributed by atoms with van der Waals surface area (Å²) in [5, 5.41) is 6.37. The molecule has 134 valence electrons. The summed E-state index contributed by atoms with van der Waals surface area (Å²) >= 11 is 11.9. The molecule has 2 N–H and O–H groups in total. The zero-order chi connectivity index (χ0) is 18.2. The van der Waals surface area contributed by atoms with E-state index in [0.717, 1.165) is 23.3 Å². The lowest BCUT2D eigenvalue weighted by Gasteiger charge is -2.20. The molecule has 1 atom stereocenters. The number of hydrogen-bond acceptors (Lipinski definition) is 3. The van der Waals surface area contributed by atoms with Gasteiger partial charge in [-0.25, -0.2) is 4.79 Å². The van der Waals surface area contributed by atoms with Crippen LogP contribution < -0.4 is 10.6 Å². The Balaban J connectivity index is 1.63. The predicted octanol–water partition coefficient (Wildman–Crippen LogP) is 3.04. The Kier molecular flexibility index (Phi) is 4.93. The quantitative estimate of drug-likeness (QED) is 0.784. The molecule has 1 saturated heterocycles. The van der Waals surface area contributed by atoms with Gasteiger partial charge in [-0.1, -0.05) is 42.1 Å². The van der Waals surface area contributed by atoms with E-state index in [0.29, 0.717) is 22.9 Å². The van der Waals surface area contributed by atoms with E-state index in [-0.39, 0.29) is 18.5 Å². The van der Waals surface area contributed by atoms with E-state index in [9.17, 15) is 14.4 Å². The summed E-state index contributed by atoms with van der Waals surface area (Å²) in [6.07, 6.45) is 3.07. The first-order valence-electron chi connectivity index (χ1n) is 8.21. The number of carbonyl (C=O) groups excluding carboxylic acids is 3. The molecular weight excluding hydrogens is 365 g/mol. The number of rotatable bonds is 4. The molecule has 0 unspecified atom stereocenters. The maximum Gasteiger partial charge on any atom is 0.325 e. The van der Waals surface area contributed by atoms with Gasteiger partial charge in [0.15, 0.2) is 0 Å². The Bertz CT molecular complexity index is 732. The summed E-state index contributed by atoms with van der Waals surface area (Å²) in [5.74, 6) is -0.704. The van der Waals surface area contributed by atoms with Crippen LogP contribution in [0.4, 0.5) is 4.79 Å². The van der Waals surface area contributed by atoms with E-state index in [1.807, 2.05) is 0 Å². The third-order valence-electron chi connectivity index (χ3n) is 4.83. The van der Waals surface area contributed by atoms with Gasteiger partial charge >= 0.3 is 6.03 Å². The van der Waals surface area contributed by atoms with E-state index in [2.05, 4.69) is 10.6 Å². The van der Waals surface area contributed by atoms with Gasteiger partial charge in [0.25, 0.3) is 5.91 Å². The smallest absolute Gasteiger partial charge is 0.325 e. The van der Waals surface area contributed by atoms with Gasteiger partial charge in [-0.3, -0.25) is 14.5 Å². The molecule has 2 fully saturated rings. The molecule has 1 aliphatic carbocycles. The zero-order valence-electron chi connectivity index (χ0n) is 13.8. The van der Waals surface area contributed by atoms with Gasteiger partial charge in [0.1, 0.15) is 12.1 Å². The molecule has 2 aliphatic rings. The summed E-state index contributed by atoms with van der Waals surface area (Å²) in [5.41, 5.74) is -0.0145. The molecule has 4 amide bonds. The fourth-order valence-corrected chi connectivity index (χ4v) is 3.74. The molecule has 6 nitrogen and oxygen atoms in total. The van der Waals surface area contributed by atoms with Gasteiger partial charge in [0.2, 0.25) is 5.91 Å². The fourth-order valence-electron chi connectivity index (χ4n) is 3.43. The topological polar surface area (TPSA) is 78.5 Å². The number of amides is 4. The van der Waals surface area contributed by atoms with Crippen molar-refractivity contribution in [1.82, 2.24) is 15.5 Å². The molecule has 1 aliphatic heterocycles. The minimum absolute atomic E-state index is 0.294. The Morgan fingerprint density at radius 1 is 1.28 bits per heavy atom. The standard InChI is InChI=1S/C17H19Cl2N3O3/c1-10(11-4-5-12(18)13(19)8-11)20-14(23)9-22-15(24)17(21-16(22)25)6-2-3-7-17/h4-5,8,10H,2-3,6-7,9H2,1H3,(H,20,23)(H,21,25)/t10-/m1/s1. The van der Waals surface area contributed by atoms with Crippen LogP contribution in [-0.2, 0) is 9.59 Å². The second kappa shape index (κ2) is 6.84. The third-order valence-corrected chi connectivity index (χ3v) is 5.56. The highest BCUT2D eigenvalue weighted by atomic mass is 35.5. The molecule has 0 radical (unpaired) electrons. The molecule has 1 heterocycles. The maximum absolute atomic E-state index is 12.5. The molecule has 0 aromatic heterocycles. The molecule has 8 heteroatoms. The number of halogens is 2. The summed E-state index contributed by atoms with van der Waals surface area (Å²) in [4.78, 5) is 37.9. The highest BCUT2D eigenvalue weighted by Gasteiger charge is 2.52. The molecule has 1 aromatic carbocycles. The van der Waals surface area contributed by atoms with E-state index in [4.69, 9.17) is 23.2 Å². The largest absolute Gasteiger partial charge is 0.348 e. The van der Waals surface area contributed by atoms with Crippen LogP contribution in [0.25, 0.3) is 0 Å². The van der Waals surface area contributed by atoms with E-state index < -0.39 is 17.5 Å². The van der Waals surface area contributed by atoms with E-state index in [1.165, 1.54) is 0 Å². The summed E-state index contributed by atoms with van der Waals surface area (Å²) in [7, 11) is 0. The highest BCUT2D eigenvalue weighted by molar-refractivity contribution is 6.42. The number of nitrogens with one attached hydrogen (secondary N) is 2. The predicted molar refractivity (Wildman–Crippen MR) is 94.5 cm³/mol. The third kappa shape index (κ3) is 3.46. The second-order valence-electron chi connectivity index (χ2n) is 6.57. The summed E-state index contributed by atoms with van der Waals surface area (Å²) in [6.45, 7) is 1.50. The molecule has 3 rings (SSSR count). The lowest BCUT2D eigenvalue weighted by Crippen LogP contribution is -2.45. The van der Waals surface area contributed by atoms with Crippen LogP contribution in [0.2, 0.25) is 10.0 Å². The first-order chi connectivity index (χ1) is 11.8. The first-order valence-corrected chi connectivity index (χ1v) is 8.96. The van der Waals surface area contributed by atoms with Crippen molar-refractivity contribution in [2.24, 2.45) is 0 Å². The van der Waals surface area contributed by atoms with Gasteiger partial charge in [0, 0.05) is 0 Å². The van der Waals surface area contributed by atoms with Crippen molar-refractivity contribution in [1.29, 1.82) is 0 Å². The van der Waals surface area contributed by atoms with Gasteiger partial charge in [0.05, 0.1) is 16.1 Å². The number of carbonyl (C=O) groups is 3. The van der Waals surface area contributed by atoms with Gasteiger partial charge < -0.3 is 10.6 Å². The van der Waals surface area contributed by atoms with Crippen molar-refractivity contribution in [2.45, 2.75) is 44.2 Å². The van der Waals surface area contributed by atoms with E-state index >= 15 is 0 Å². The average Bonchev–Trinajstić information content (AvgIpc) is 3.11. The van der Waals surface area contributed by atoms with Crippen LogP contribution in [0.3, 0.4) is 0 Å². The average molecular weight is 384 g/mol. The van der Waals surface area contributed by atoms with Crippen molar-refractivity contribution < 1.29 is 14.4 Å². The summed E-state index contributed by atoms with van der Waals surface area (Å²) in [6, 6.07) is 4.27. The van der Waals surface area contributed by atoms with Crippen LogP contribution in [0.15, 0.2) is 18.2 Å². The highest BCUT2D eigenvalue weighted by Crippen LogP contribution is 2.35. The van der Waals surface area contributed by atoms with Gasteiger partial charge in [-0.05, 0) is 37.5 Å². The lowest BCUT2D eigenvalue weighted by molar-refractivity contribution is -0.135. The lowest BCUT2D eigenvalue weighted by atomic mass is 9.98. The fraction of sp³-hybridized carbons (Fsp3) is 0.471. The van der Waals surface area contributed by atoms with Crippen LogP contribution in [0, 0.1) is 0 Å². The first kappa shape index (κ1) is 18.0. The van der Waals surface area contributed by atoms with Crippen molar-refractivity contribution in [3.05, 3.63) is 33.8 Å². The van der Waals surface area contributed by atoms with Crippen LogP contribution in [0.1, 0.15) is 44.2 Å². The number of imide groups is 1. The molecule has 1 saturated carbocycles. The second-order valence-corrected chi connectivity index (χ2v) is 7.39. The Morgan fingerprint density at radius 3 is 2.60 bits per heavy atom. The van der Waals surface area contributed by atoms with Crippen LogP contribution in [0.5, 0.6) is 0 Å². The summed E-state index contributed by atoms with van der Waals surface area (Å²) < 4.78 is 0. The molecule has 25 heavy (non-hydrogen) atoms.